The van der Waals surface area contributed by atoms with Crippen LogP contribution in [0, 0.1) is 6.92 Å². The largest absolute Gasteiger partial charge is 0.508 e. The minimum Gasteiger partial charge on any atom is -0.508 e. The second-order valence-corrected chi connectivity index (χ2v) is 4.31. The molecular formula is C13H14O3. The summed E-state index contributed by atoms with van der Waals surface area (Å²) in [7, 11) is 0. The summed E-state index contributed by atoms with van der Waals surface area (Å²) in [4.78, 5) is 11.4. The normalized spacial score (nSPS) is 11.2. The van der Waals surface area contributed by atoms with E-state index in [1.54, 1.807) is 6.07 Å². The molecule has 16 heavy (non-hydrogen) atoms. The molecule has 84 valence electrons. The molecule has 0 unspecified atom stereocenters. The minimum atomic E-state index is -0.374. The highest BCUT2D eigenvalue weighted by Gasteiger charge is 2.11. The number of aryl methyl sites for hydroxylation is 1. The van der Waals surface area contributed by atoms with E-state index in [1.807, 2.05) is 20.8 Å². The standard InChI is InChI=1S/C13H14O3/c1-7(2)10-6-12(15)16-11-5-9(14)4-8(3)13(10)11/h4-7,14H,1-3H3. The number of hydrogen-bond acceptors (Lipinski definition) is 3. The summed E-state index contributed by atoms with van der Waals surface area (Å²) in [5.41, 5.74) is 1.96. The quantitative estimate of drug-likeness (QED) is 0.749. The van der Waals surface area contributed by atoms with Gasteiger partial charge in [0.25, 0.3) is 0 Å². The third-order valence-electron chi connectivity index (χ3n) is 2.68. The second kappa shape index (κ2) is 3.67. The number of phenols is 1. The summed E-state index contributed by atoms with van der Waals surface area (Å²) >= 11 is 0. The summed E-state index contributed by atoms with van der Waals surface area (Å²) in [5.74, 6) is 0.365. The van der Waals surface area contributed by atoms with Crippen molar-refractivity contribution in [2.45, 2.75) is 26.7 Å². The van der Waals surface area contributed by atoms with Gasteiger partial charge in [-0.05, 0) is 30.0 Å². The average molecular weight is 218 g/mol. The van der Waals surface area contributed by atoms with Crippen molar-refractivity contribution in [2.24, 2.45) is 0 Å². The first-order chi connectivity index (χ1) is 7.49. The van der Waals surface area contributed by atoms with Crippen molar-refractivity contribution in [3.63, 3.8) is 0 Å². The van der Waals surface area contributed by atoms with E-state index in [2.05, 4.69) is 0 Å². The summed E-state index contributed by atoms with van der Waals surface area (Å²) in [5, 5.41) is 10.4. The molecule has 0 amide bonds. The Bertz CT molecular complexity index is 594. The van der Waals surface area contributed by atoms with Gasteiger partial charge in [0, 0.05) is 17.5 Å². The molecule has 0 radical (unpaired) electrons. The van der Waals surface area contributed by atoms with Crippen LogP contribution >= 0.6 is 0 Å². The Morgan fingerprint density at radius 2 is 1.94 bits per heavy atom. The summed E-state index contributed by atoms with van der Waals surface area (Å²) in [6.45, 7) is 5.95. The van der Waals surface area contributed by atoms with Gasteiger partial charge < -0.3 is 9.52 Å². The van der Waals surface area contributed by atoms with Crippen LogP contribution in [-0.2, 0) is 0 Å². The highest BCUT2D eigenvalue weighted by molar-refractivity contribution is 5.85. The Kier molecular flexibility index (Phi) is 2.46. The molecule has 0 saturated carbocycles. The van der Waals surface area contributed by atoms with Crippen LogP contribution in [0.3, 0.4) is 0 Å². The topological polar surface area (TPSA) is 50.4 Å². The minimum absolute atomic E-state index is 0.119. The van der Waals surface area contributed by atoms with E-state index in [9.17, 15) is 9.90 Å². The third kappa shape index (κ3) is 1.69. The Morgan fingerprint density at radius 1 is 1.25 bits per heavy atom. The van der Waals surface area contributed by atoms with Crippen molar-refractivity contribution in [2.75, 3.05) is 0 Å². The van der Waals surface area contributed by atoms with Gasteiger partial charge in [0.15, 0.2) is 0 Å². The van der Waals surface area contributed by atoms with Gasteiger partial charge in [-0.2, -0.15) is 0 Å². The van der Waals surface area contributed by atoms with Crippen LogP contribution in [0.2, 0.25) is 0 Å². The van der Waals surface area contributed by atoms with Crippen LogP contribution < -0.4 is 5.63 Å². The van der Waals surface area contributed by atoms with Crippen LogP contribution in [0.25, 0.3) is 11.0 Å². The zero-order chi connectivity index (χ0) is 11.9. The molecule has 0 aliphatic heterocycles. The number of rotatable bonds is 1. The number of benzene rings is 1. The van der Waals surface area contributed by atoms with E-state index in [-0.39, 0.29) is 17.3 Å². The molecule has 0 fully saturated rings. The fourth-order valence-corrected chi connectivity index (χ4v) is 1.98. The number of hydrogen-bond donors (Lipinski definition) is 1. The molecule has 0 saturated heterocycles. The van der Waals surface area contributed by atoms with Crippen LogP contribution in [0.15, 0.2) is 27.4 Å². The van der Waals surface area contributed by atoms with Crippen molar-refractivity contribution in [3.05, 3.63) is 39.7 Å². The molecule has 0 aliphatic carbocycles. The second-order valence-electron chi connectivity index (χ2n) is 4.31. The molecule has 1 heterocycles. The van der Waals surface area contributed by atoms with Gasteiger partial charge in [-0.1, -0.05) is 13.8 Å². The number of aromatic hydroxyl groups is 1. The molecule has 0 spiro atoms. The van der Waals surface area contributed by atoms with Crippen molar-refractivity contribution in [1.82, 2.24) is 0 Å². The first-order valence-corrected chi connectivity index (χ1v) is 5.26. The maximum absolute atomic E-state index is 11.4. The van der Waals surface area contributed by atoms with E-state index in [1.165, 1.54) is 12.1 Å². The molecule has 3 nitrogen and oxygen atoms in total. The van der Waals surface area contributed by atoms with Crippen molar-refractivity contribution >= 4 is 11.0 Å². The predicted octanol–water partition coefficient (Wildman–Crippen LogP) is 2.93. The van der Waals surface area contributed by atoms with E-state index in [0.29, 0.717) is 5.58 Å². The fourth-order valence-electron chi connectivity index (χ4n) is 1.98. The van der Waals surface area contributed by atoms with Crippen LogP contribution in [0.5, 0.6) is 5.75 Å². The number of fused-ring (bicyclic) bond motifs is 1. The van der Waals surface area contributed by atoms with Crippen LogP contribution in [0.1, 0.15) is 30.9 Å². The lowest BCUT2D eigenvalue weighted by atomic mass is 9.96. The van der Waals surface area contributed by atoms with E-state index in [4.69, 9.17) is 4.42 Å². The van der Waals surface area contributed by atoms with Gasteiger partial charge in [0.05, 0.1) is 0 Å². The van der Waals surface area contributed by atoms with Crippen molar-refractivity contribution in [1.29, 1.82) is 0 Å². The summed E-state index contributed by atoms with van der Waals surface area (Å²) in [6.07, 6.45) is 0. The lowest BCUT2D eigenvalue weighted by Gasteiger charge is -2.11. The van der Waals surface area contributed by atoms with Crippen LogP contribution in [-0.4, -0.2) is 5.11 Å². The van der Waals surface area contributed by atoms with Gasteiger partial charge in [-0.25, -0.2) is 4.79 Å². The zero-order valence-corrected chi connectivity index (χ0v) is 9.57. The highest BCUT2D eigenvalue weighted by atomic mass is 16.4. The molecule has 2 aromatic rings. The Balaban J connectivity index is 2.95. The molecule has 3 heteroatoms. The highest BCUT2D eigenvalue weighted by Crippen LogP contribution is 2.29. The summed E-state index contributed by atoms with van der Waals surface area (Å²) < 4.78 is 5.10. The monoisotopic (exact) mass is 218 g/mol. The average Bonchev–Trinajstić information content (AvgIpc) is 2.14. The maximum atomic E-state index is 11.4. The van der Waals surface area contributed by atoms with E-state index in [0.717, 1.165) is 16.5 Å². The molecule has 1 N–H and O–H groups in total. The molecule has 1 aromatic carbocycles. The Morgan fingerprint density at radius 3 is 2.56 bits per heavy atom. The third-order valence-corrected chi connectivity index (χ3v) is 2.68. The lowest BCUT2D eigenvalue weighted by molar-refractivity contribution is 0.472. The maximum Gasteiger partial charge on any atom is 0.336 e. The molecule has 1 aromatic heterocycles. The van der Waals surface area contributed by atoms with Crippen molar-refractivity contribution < 1.29 is 9.52 Å². The van der Waals surface area contributed by atoms with Gasteiger partial charge in [0.1, 0.15) is 11.3 Å². The van der Waals surface area contributed by atoms with Crippen molar-refractivity contribution in [3.8, 4) is 5.75 Å². The van der Waals surface area contributed by atoms with Crippen LogP contribution in [0.4, 0.5) is 0 Å². The van der Waals surface area contributed by atoms with Gasteiger partial charge >= 0.3 is 5.63 Å². The molecule has 2 rings (SSSR count). The van der Waals surface area contributed by atoms with Gasteiger partial charge in [-0.3, -0.25) is 0 Å². The summed E-state index contributed by atoms with van der Waals surface area (Å²) in [6, 6.07) is 4.68. The van der Waals surface area contributed by atoms with Gasteiger partial charge in [0.2, 0.25) is 0 Å². The Hall–Kier alpha value is -1.77. The number of phenolic OH excluding ortho intramolecular Hbond substituents is 1. The first-order valence-electron chi connectivity index (χ1n) is 5.26. The SMILES string of the molecule is Cc1cc(O)cc2oc(=O)cc(C(C)C)c12. The first kappa shape index (κ1) is 10.7. The lowest BCUT2D eigenvalue weighted by Crippen LogP contribution is -2.02. The zero-order valence-electron chi connectivity index (χ0n) is 9.57. The molecule has 0 bridgehead atoms. The molecule has 0 atom stereocenters. The van der Waals surface area contributed by atoms with Gasteiger partial charge in [-0.15, -0.1) is 0 Å². The smallest absolute Gasteiger partial charge is 0.336 e. The Labute approximate surface area is 93.3 Å². The fraction of sp³-hybridized carbons (Fsp3) is 0.308. The molecule has 0 aliphatic rings. The predicted molar refractivity (Wildman–Crippen MR) is 63.0 cm³/mol. The van der Waals surface area contributed by atoms with E-state index >= 15 is 0 Å². The van der Waals surface area contributed by atoms with E-state index < -0.39 is 0 Å². The molecular weight excluding hydrogens is 204 g/mol.